The van der Waals surface area contributed by atoms with E-state index in [1.54, 1.807) is 0 Å². The lowest BCUT2D eigenvalue weighted by molar-refractivity contribution is 0.0877. The first-order chi connectivity index (χ1) is 7.68. The second kappa shape index (κ2) is 4.70. The molecule has 2 unspecified atom stereocenters. The first-order valence-corrected chi connectivity index (χ1v) is 5.58. The number of ketones is 1. The van der Waals surface area contributed by atoms with Crippen molar-refractivity contribution in [3.8, 4) is 0 Å². The second-order valence-electron chi connectivity index (χ2n) is 4.34. The van der Waals surface area contributed by atoms with Gasteiger partial charge in [0.25, 0.3) is 0 Å². The van der Waals surface area contributed by atoms with Gasteiger partial charge in [0.15, 0.2) is 11.6 Å². The summed E-state index contributed by atoms with van der Waals surface area (Å²) in [7, 11) is 0. The molecular formula is C12H15FN2O. The predicted molar refractivity (Wildman–Crippen MR) is 58.5 cm³/mol. The van der Waals surface area contributed by atoms with Crippen LogP contribution in [0.25, 0.3) is 0 Å². The van der Waals surface area contributed by atoms with Crippen LogP contribution in [0.1, 0.15) is 36.0 Å². The van der Waals surface area contributed by atoms with Crippen molar-refractivity contribution in [3.05, 3.63) is 29.8 Å². The summed E-state index contributed by atoms with van der Waals surface area (Å²) in [6, 6.07) is 1.52. The number of rotatable bonds is 2. The lowest BCUT2D eigenvalue weighted by atomic mass is 9.81. The molecule has 0 saturated heterocycles. The molecule has 86 valence electrons. The van der Waals surface area contributed by atoms with Crippen LogP contribution in [0.4, 0.5) is 4.39 Å². The molecule has 1 fully saturated rings. The van der Waals surface area contributed by atoms with E-state index in [0.717, 1.165) is 25.5 Å². The van der Waals surface area contributed by atoms with Gasteiger partial charge in [0.05, 0.1) is 11.8 Å². The smallest absolute Gasteiger partial charge is 0.169 e. The molecule has 0 amide bonds. The molecule has 16 heavy (non-hydrogen) atoms. The molecular weight excluding hydrogens is 207 g/mol. The Balaban J connectivity index is 2.16. The number of aromatic nitrogens is 1. The minimum atomic E-state index is -0.536. The minimum absolute atomic E-state index is 0.0765. The maximum atomic E-state index is 13.4. The highest BCUT2D eigenvalue weighted by molar-refractivity contribution is 5.98. The summed E-state index contributed by atoms with van der Waals surface area (Å²) >= 11 is 0. The lowest BCUT2D eigenvalue weighted by Crippen LogP contribution is -2.31. The van der Waals surface area contributed by atoms with E-state index in [9.17, 15) is 9.18 Å². The molecule has 0 spiro atoms. The summed E-state index contributed by atoms with van der Waals surface area (Å²) in [4.78, 5) is 15.7. The van der Waals surface area contributed by atoms with Gasteiger partial charge in [-0.25, -0.2) is 4.39 Å². The first-order valence-electron chi connectivity index (χ1n) is 5.58. The summed E-state index contributed by atoms with van der Waals surface area (Å²) in [5, 5.41) is 0. The van der Waals surface area contributed by atoms with Gasteiger partial charge in [0.2, 0.25) is 0 Å². The molecule has 2 rings (SSSR count). The molecule has 0 radical (unpaired) electrons. The third-order valence-electron chi connectivity index (χ3n) is 3.12. The van der Waals surface area contributed by atoms with Gasteiger partial charge in [-0.3, -0.25) is 9.78 Å². The number of nitrogens with zero attached hydrogens (tertiary/aromatic N) is 1. The maximum Gasteiger partial charge on any atom is 0.169 e. The first kappa shape index (κ1) is 11.2. The van der Waals surface area contributed by atoms with E-state index >= 15 is 0 Å². The Bertz CT molecular complexity index is 394. The number of hydrogen-bond donors (Lipinski definition) is 1. The van der Waals surface area contributed by atoms with E-state index in [4.69, 9.17) is 5.73 Å². The van der Waals surface area contributed by atoms with E-state index in [0.29, 0.717) is 6.42 Å². The quantitative estimate of drug-likeness (QED) is 0.778. The minimum Gasteiger partial charge on any atom is -0.328 e. The highest BCUT2D eigenvalue weighted by Gasteiger charge is 2.27. The Hall–Kier alpha value is -1.29. The van der Waals surface area contributed by atoms with Crippen LogP contribution in [0.3, 0.4) is 0 Å². The number of pyridine rings is 1. The molecule has 0 aliphatic heterocycles. The van der Waals surface area contributed by atoms with Gasteiger partial charge in [0, 0.05) is 18.2 Å². The van der Waals surface area contributed by atoms with Gasteiger partial charge in [-0.05, 0) is 25.3 Å². The third kappa shape index (κ3) is 2.27. The van der Waals surface area contributed by atoms with Crippen molar-refractivity contribution in [2.24, 2.45) is 11.7 Å². The predicted octanol–water partition coefficient (Wildman–Crippen LogP) is 1.92. The molecule has 0 aromatic carbocycles. The summed E-state index contributed by atoms with van der Waals surface area (Å²) in [5.74, 6) is -0.789. The van der Waals surface area contributed by atoms with Crippen LogP contribution in [-0.4, -0.2) is 16.8 Å². The van der Waals surface area contributed by atoms with E-state index < -0.39 is 5.82 Å². The number of Topliss-reactive ketones (excluding diaryl/α,β-unsaturated/α-hetero) is 1. The summed E-state index contributed by atoms with van der Waals surface area (Å²) in [6.07, 6.45) is 5.91. The van der Waals surface area contributed by atoms with Crippen molar-refractivity contribution in [1.29, 1.82) is 0 Å². The molecule has 4 heteroatoms. The second-order valence-corrected chi connectivity index (χ2v) is 4.34. The van der Waals surface area contributed by atoms with Gasteiger partial charge >= 0.3 is 0 Å². The molecule has 1 aliphatic rings. The van der Waals surface area contributed by atoms with Crippen LogP contribution in [0.15, 0.2) is 18.5 Å². The number of nitrogens with two attached hydrogens (primary N) is 1. The standard InChI is InChI=1S/C12H15FN2O/c13-11-7-15-5-4-10(11)12(16)8-2-1-3-9(14)6-8/h4-5,7-9H,1-3,6,14H2. The molecule has 1 aromatic rings. The largest absolute Gasteiger partial charge is 0.328 e. The number of carbonyl (C=O) groups is 1. The number of carbonyl (C=O) groups excluding carboxylic acids is 1. The number of hydrogen-bond acceptors (Lipinski definition) is 3. The molecule has 1 aromatic heterocycles. The van der Waals surface area contributed by atoms with Crippen molar-refractivity contribution < 1.29 is 9.18 Å². The lowest BCUT2D eigenvalue weighted by Gasteiger charge is -2.25. The van der Waals surface area contributed by atoms with Gasteiger partial charge < -0.3 is 5.73 Å². The van der Waals surface area contributed by atoms with E-state index in [2.05, 4.69) is 4.98 Å². The Labute approximate surface area is 93.9 Å². The van der Waals surface area contributed by atoms with Crippen LogP contribution in [0.2, 0.25) is 0 Å². The van der Waals surface area contributed by atoms with Crippen molar-refractivity contribution in [3.63, 3.8) is 0 Å². The number of halogens is 1. The van der Waals surface area contributed by atoms with E-state index in [1.165, 1.54) is 12.3 Å². The maximum absolute atomic E-state index is 13.4. The molecule has 1 aliphatic carbocycles. The highest BCUT2D eigenvalue weighted by Crippen LogP contribution is 2.26. The average Bonchev–Trinajstić information content (AvgIpc) is 2.29. The SMILES string of the molecule is NC1CCCC(C(=O)c2ccncc2F)C1. The molecule has 0 bridgehead atoms. The molecule has 2 atom stereocenters. The van der Waals surface area contributed by atoms with Gasteiger partial charge in [-0.15, -0.1) is 0 Å². The zero-order valence-electron chi connectivity index (χ0n) is 9.03. The van der Waals surface area contributed by atoms with Gasteiger partial charge in [-0.1, -0.05) is 6.42 Å². The van der Waals surface area contributed by atoms with Crippen molar-refractivity contribution in [1.82, 2.24) is 4.98 Å². The van der Waals surface area contributed by atoms with E-state index in [-0.39, 0.29) is 23.3 Å². The summed E-state index contributed by atoms with van der Waals surface area (Å²) in [6.45, 7) is 0. The van der Waals surface area contributed by atoms with Crippen molar-refractivity contribution in [2.45, 2.75) is 31.7 Å². The Morgan fingerprint density at radius 1 is 1.50 bits per heavy atom. The normalized spacial score (nSPS) is 25.4. The zero-order valence-corrected chi connectivity index (χ0v) is 9.03. The Kier molecular flexibility index (Phi) is 3.29. The van der Waals surface area contributed by atoms with Crippen LogP contribution in [0.5, 0.6) is 0 Å². The fraction of sp³-hybridized carbons (Fsp3) is 0.500. The monoisotopic (exact) mass is 222 g/mol. The fourth-order valence-electron chi connectivity index (χ4n) is 2.26. The fourth-order valence-corrected chi connectivity index (χ4v) is 2.26. The zero-order chi connectivity index (χ0) is 11.5. The molecule has 3 nitrogen and oxygen atoms in total. The van der Waals surface area contributed by atoms with Crippen molar-refractivity contribution >= 4 is 5.78 Å². The van der Waals surface area contributed by atoms with Crippen molar-refractivity contribution in [2.75, 3.05) is 0 Å². The average molecular weight is 222 g/mol. The summed E-state index contributed by atoms with van der Waals surface area (Å²) in [5.41, 5.74) is 5.97. The molecule has 2 N–H and O–H groups in total. The molecule has 1 heterocycles. The van der Waals surface area contributed by atoms with E-state index in [1.807, 2.05) is 0 Å². The Morgan fingerprint density at radius 3 is 3.00 bits per heavy atom. The van der Waals surface area contributed by atoms with Gasteiger partial charge in [0.1, 0.15) is 0 Å². The highest BCUT2D eigenvalue weighted by atomic mass is 19.1. The van der Waals surface area contributed by atoms with Crippen LogP contribution in [0, 0.1) is 11.7 Å². The van der Waals surface area contributed by atoms with Gasteiger partial charge in [-0.2, -0.15) is 0 Å². The van der Waals surface area contributed by atoms with Crippen LogP contribution in [-0.2, 0) is 0 Å². The Morgan fingerprint density at radius 2 is 2.31 bits per heavy atom. The summed E-state index contributed by atoms with van der Waals surface area (Å²) < 4.78 is 13.4. The molecule has 1 saturated carbocycles. The third-order valence-corrected chi connectivity index (χ3v) is 3.12. The topological polar surface area (TPSA) is 56.0 Å². The van der Waals surface area contributed by atoms with Crippen LogP contribution >= 0.6 is 0 Å². The van der Waals surface area contributed by atoms with Crippen LogP contribution < -0.4 is 5.73 Å².